The highest BCUT2D eigenvalue weighted by molar-refractivity contribution is 5.88. The van der Waals surface area contributed by atoms with Gasteiger partial charge >= 0.3 is 5.97 Å². The lowest BCUT2D eigenvalue weighted by Crippen LogP contribution is -2.24. The van der Waals surface area contributed by atoms with Crippen LogP contribution in [0.15, 0.2) is 36.0 Å². The highest BCUT2D eigenvalue weighted by Crippen LogP contribution is 2.35. The van der Waals surface area contributed by atoms with Gasteiger partial charge in [0.2, 0.25) is 0 Å². The maximum absolute atomic E-state index is 11.5. The second kappa shape index (κ2) is 5.66. The van der Waals surface area contributed by atoms with Crippen LogP contribution < -0.4 is 5.32 Å². The third-order valence-electron chi connectivity index (χ3n) is 4.75. The number of aromatic nitrogens is 2. The van der Waals surface area contributed by atoms with Crippen molar-refractivity contribution < 1.29 is 9.90 Å². The van der Waals surface area contributed by atoms with E-state index < -0.39 is 5.97 Å². The van der Waals surface area contributed by atoms with Gasteiger partial charge in [0.15, 0.2) is 0 Å². The van der Waals surface area contributed by atoms with E-state index in [1.807, 2.05) is 4.57 Å². The maximum atomic E-state index is 11.5. The van der Waals surface area contributed by atoms with Crippen molar-refractivity contribution in [1.29, 1.82) is 0 Å². The minimum atomic E-state index is -0.913. The number of carboxylic acid groups (broad SMARTS) is 1. The molecular formula is C18H19N3O2. The van der Waals surface area contributed by atoms with Crippen LogP contribution in [-0.2, 0) is 13.0 Å². The number of aromatic carboxylic acids is 1. The smallest absolute Gasteiger partial charge is 0.354 e. The lowest BCUT2D eigenvalue weighted by molar-refractivity contribution is 0.0685. The van der Waals surface area contributed by atoms with Crippen LogP contribution in [0, 0.1) is 0 Å². The zero-order valence-electron chi connectivity index (χ0n) is 12.9. The summed E-state index contributed by atoms with van der Waals surface area (Å²) >= 11 is 0. The highest BCUT2D eigenvalue weighted by Gasteiger charge is 2.26. The number of imidazole rings is 1. The number of aryl methyl sites for hydroxylation is 1. The summed E-state index contributed by atoms with van der Waals surface area (Å²) in [5.74, 6) is -0.103. The van der Waals surface area contributed by atoms with Crippen LogP contribution in [0.3, 0.4) is 0 Å². The molecule has 5 heteroatoms. The Hall–Kier alpha value is -2.40. The summed E-state index contributed by atoms with van der Waals surface area (Å²) in [6.07, 6.45) is 4.29. The Bertz CT molecular complexity index is 796. The van der Waals surface area contributed by atoms with Gasteiger partial charge in [-0.15, -0.1) is 0 Å². The second-order valence-electron chi connectivity index (χ2n) is 6.06. The molecule has 0 bridgehead atoms. The van der Waals surface area contributed by atoms with Crippen molar-refractivity contribution in [3.63, 3.8) is 0 Å². The topological polar surface area (TPSA) is 67.1 Å². The number of fused-ring (bicyclic) bond motifs is 2. The van der Waals surface area contributed by atoms with Gasteiger partial charge in [0.05, 0.1) is 6.20 Å². The van der Waals surface area contributed by atoms with Crippen LogP contribution in [0.1, 0.15) is 40.3 Å². The SMILES string of the molecule is O=C(O)c1cnc2n1CCc1ccccc1C2=C1CCNCC1. The summed E-state index contributed by atoms with van der Waals surface area (Å²) in [7, 11) is 0. The summed E-state index contributed by atoms with van der Waals surface area (Å²) in [5.41, 5.74) is 5.29. The molecule has 0 unspecified atom stereocenters. The molecule has 23 heavy (non-hydrogen) atoms. The fourth-order valence-corrected chi connectivity index (χ4v) is 3.63. The van der Waals surface area contributed by atoms with Gasteiger partial charge in [0, 0.05) is 12.1 Å². The zero-order chi connectivity index (χ0) is 15.8. The van der Waals surface area contributed by atoms with E-state index in [-0.39, 0.29) is 5.69 Å². The van der Waals surface area contributed by atoms with Crippen LogP contribution >= 0.6 is 0 Å². The van der Waals surface area contributed by atoms with E-state index in [0.29, 0.717) is 6.54 Å². The number of hydrogen-bond acceptors (Lipinski definition) is 3. The van der Waals surface area contributed by atoms with E-state index in [4.69, 9.17) is 0 Å². The predicted molar refractivity (Wildman–Crippen MR) is 87.5 cm³/mol. The minimum Gasteiger partial charge on any atom is -0.477 e. The number of hydrogen-bond donors (Lipinski definition) is 2. The first-order valence-electron chi connectivity index (χ1n) is 8.06. The number of nitrogens with zero attached hydrogens (tertiary/aromatic N) is 2. The number of piperidine rings is 1. The van der Waals surface area contributed by atoms with Crippen molar-refractivity contribution in [1.82, 2.24) is 14.9 Å². The van der Waals surface area contributed by atoms with Gasteiger partial charge in [0.1, 0.15) is 11.5 Å². The molecule has 0 spiro atoms. The molecule has 2 aliphatic heterocycles. The van der Waals surface area contributed by atoms with Crippen LogP contribution in [0.2, 0.25) is 0 Å². The number of nitrogens with one attached hydrogen (secondary N) is 1. The number of benzene rings is 1. The van der Waals surface area contributed by atoms with E-state index >= 15 is 0 Å². The fourth-order valence-electron chi connectivity index (χ4n) is 3.63. The molecule has 0 saturated carbocycles. The third kappa shape index (κ3) is 2.37. The van der Waals surface area contributed by atoms with Gasteiger partial charge in [-0.3, -0.25) is 0 Å². The Morgan fingerprint density at radius 1 is 1.17 bits per heavy atom. The molecule has 2 aromatic rings. The average molecular weight is 309 g/mol. The molecule has 5 nitrogen and oxygen atoms in total. The standard InChI is InChI=1S/C18H19N3O2/c22-18(23)15-11-20-17-16(13-5-8-19-9-6-13)14-4-2-1-3-12(14)7-10-21(15)17/h1-4,11,19H,5-10H2,(H,22,23). The second-order valence-corrected chi connectivity index (χ2v) is 6.06. The quantitative estimate of drug-likeness (QED) is 0.848. The monoisotopic (exact) mass is 309 g/mol. The molecule has 3 heterocycles. The van der Waals surface area contributed by atoms with E-state index in [0.717, 1.165) is 43.7 Å². The highest BCUT2D eigenvalue weighted by atomic mass is 16.4. The Balaban J connectivity index is 1.97. The fraction of sp³-hybridized carbons (Fsp3) is 0.333. The molecular weight excluding hydrogens is 290 g/mol. The molecule has 2 N–H and O–H groups in total. The molecule has 0 radical (unpaired) electrons. The van der Waals surface area contributed by atoms with Crippen molar-refractivity contribution in [3.8, 4) is 0 Å². The first-order chi connectivity index (χ1) is 11.3. The number of rotatable bonds is 1. The van der Waals surface area contributed by atoms with Crippen LogP contribution in [0.4, 0.5) is 0 Å². The van der Waals surface area contributed by atoms with Gasteiger partial charge in [-0.05, 0) is 43.5 Å². The maximum Gasteiger partial charge on any atom is 0.354 e. The summed E-state index contributed by atoms with van der Waals surface area (Å²) in [6, 6.07) is 8.39. The van der Waals surface area contributed by atoms with Gasteiger partial charge in [-0.1, -0.05) is 29.8 Å². The molecule has 118 valence electrons. The summed E-state index contributed by atoms with van der Waals surface area (Å²) in [5, 5.41) is 12.8. The normalized spacial score (nSPS) is 17.4. The third-order valence-corrected chi connectivity index (χ3v) is 4.75. The van der Waals surface area contributed by atoms with Crippen LogP contribution in [-0.4, -0.2) is 33.7 Å². The first kappa shape index (κ1) is 14.2. The molecule has 0 atom stereocenters. The summed E-state index contributed by atoms with van der Waals surface area (Å²) in [4.78, 5) is 16.0. The van der Waals surface area contributed by atoms with Crippen LogP contribution in [0.5, 0.6) is 0 Å². The zero-order valence-corrected chi connectivity index (χ0v) is 12.9. The molecule has 0 aliphatic carbocycles. The van der Waals surface area contributed by atoms with Gasteiger partial charge in [0.25, 0.3) is 0 Å². The van der Waals surface area contributed by atoms with Crippen molar-refractivity contribution in [2.24, 2.45) is 0 Å². The molecule has 1 aromatic carbocycles. The molecule has 1 fully saturated rings. The Kier molecular flexibility index (Phi) is 3.50. The molecule has 2 aliphatic rings. The van der Waals surface area contributed by atoms with Gasteiger partial charge in [-0.2, -0.15) is 0 Å². The average Bonchev–Trinajstić information content (AvgIpc) is 2.92. The van der Waals surface area contributed by atoms with Crippen LogP contribution in [0.25, 0.3) is 5.57 Å². The number of carboxylic acids is 1. The summed E-state index contributed by atoms with van der Waals surface area (Å²) < 4.78 is 1.87. The lowest BCUT2D eigenvalue weighted by Gasteiger charge is -2.21. The van der Waals surface area contributed by atoms with Crippen molar-refractivity contribution in [3.05, 3.63) is 58.7 Å². The van der Waals surface area contributed by atoms with Crippen molar-refractivity contribution >= 4 is 11.5 Å². The summed E-state index contributed by atoms with van der Waals surface area (Å²) in [6.45, 7) is 2.59. The van der Waals surface area contributed by atoms with Gasteiger partial charge in [-0.25, -0.2) is 9.78 Å². The van der Waals surface area contributed by atoms with Gasteiger partial charge < -0.3 is 15.0 Å². The van der Waals surface area contributed by atoms with Crippen molar-refractivity contribution in [2.45, 2.75) is 25.8 Å². The van der Waals surface area contributed by atoms with E-state index in [2.05, 4.69) is 34.6 Å². The molecule has 1 aromatic heterocycles. The number of carbonyl (C=O) groups is 1. The minimum absolute atomic E-state index is 0.278. The molecule has 4 rings (SSSR count). The first-order valence-corrected chi connectivity index (χ1v) is 8.06. The lowest BCUT2D eigenvalue weighted by atomic mass is 9.90. The van der Waals surface area contributed by atoms with E-state index in [9.17, 15) is 9.90 Å². The van der Waals surface area contributed by atoms with E-state index in [1.54, 1.807) is 0 Å². The Morgan fingerprint density at radius 3 is 2.74 bits per heavy atom. The molecule has 1 saturated heterocycles. The predicted octanol–water partition coefficient (Wildman–Crippen LogP) is 2.32. The Labute approximate surface area is 134 Å². The Morgan fingerprint density at radius 2 is 1.96 bits per heavy atom. The van der Waals surface area contributed by atoms with Crippen molar-refractivity contribution in [2.75, 3.05) is 13.1 Å². The molecule has 0 amide bonds. The largest absolute Gasteiger partial charge is 0.477 e. The van der Waals surface area contributed by atoms with E-state index in [1.165, 1.54) is 22.9 Å².